The molecule has 0 bridgehead atoms. The fourth-order valence-electron chi connectivity index (χ4n) is 3.78. The molecule has 4 rings (SSSR count). The first-order chi connectivity index (χ1) is 14.5. The van der Waals surface area contributed by atoms with Crippen LogP contribution in [0.1, 0.15) is 28.3 Å². The molecule has 0 fully saturated rings. The number of hydrogen-bond donors (Lipinski definition) is 2. The molecule has 1 aliphatic rings. The van der Waals surface area contributed by atoms with E-state index in [0.717, 1.165) is 13.0 Å². The number of anilines is 2. The minimum Gasteiger partial charge on any atom is -0.495 e. The van der Waals surface area contributed by atoms with Crippen LogP contribution in [0.15, 0.2) is 47.2 Å². The molecular weight excluding hydrogens is 418 g/mol. The van der Waals surface area contributed by atoms with Crippen LogP contribution < -0.4 is 15.4 Å². The van der Waals surface area contributed by atoms with Crippen molar-refractivity contribution in [2.24, 2.45) is 0 Å². The van der Waals surface area contributed by atoms with E-state index in [1.165, 1.54) is 22.2 Å². The second-order valence-electron chi connectivity index (χ2n) is 7.08. The van der Waals surface area contributed by atoms with E-state index in [-0.39, 0.29) is 24.4 Å². The summed E-state index contributed by atoms with van der Waals surface area (Å²) in [5, 5.41) is 9.89. The third-order valence-corrected chi connectivity index (χ3v) is 6.94. The molecule has 0 radical (unpaired) electrons. The zero-order valence-electron chi connectivity index (χ0n) is 16.8. The predicted octanol–water partition coefficient (Wildman–Crippen LogP) is 4.36. The molecule has 0 aliphatic carbocycles. The average Bonchev–Trinajstić information content (AvgIpc) is 3.39. The number of thiophene rings is 2. The molecule has 1 aliphatic heterocycles. The lowest BCUT2D eigenvalue weighted by atomic mass is 9.98. The Kier molecular flexibility index (Phi) is 6.17. The van der Waals surface area contributed by atoms with Crippen molar-refractivity contribution in [3.8, 4) is 5.75 Å². The quantitative estimate of drug-likeness (QED) is 0.596. The average molecular weight is 442 g/mol. The summed E-state index contributed by atoms with van der Waals surface area (Å²) >= 11 is 3.50. The Labute approximate surface area is 183 Å². The second kappa shape index (κ2) is 8.99. The summed E-state index contributed by atoms with van der Waals surface area (Å²) in [6, 6.07) is 11.6. The van der Waals surface area contributed by atoms with Gasteiger partial charge in [-0.3, -0.25) is 14.5 Å². The highest BCUT2D eigenvalue weighted by Crippen LogP contribution is 2.39. The fourth-order valence-corrected chi connectivity index (χ4v) is 5.56. The molecule has 1 atom stereocenters. The van der Waals surface area contributed by atoms with Gasteiger partial charge in [0.1, 0.15) is 5.75 Å². The largest absolute Gasteiger partial charge is 0.495 e. The van der Waals surface area contributed by atoms with Crippen LogP contribution in [0.5, 0.6) is 5.75 Å². The molecule has 0 saturated heterocycles. The molecule has 0 unspecified atom stereocenters. The molecule has 3 heterocycles. The van der Waals surface area contributed by atoms with Gasteiger partial charge in [0.25, 0.3) is 0 Å². The van der Waals surface area contributed by atoms with Gasteiger partial charge in [-0.25, -0.2) is 0 Å². The van der Waals surface area contributed by atoms with Gasteiger partial charge in [-0.15, -0.1) is 22.7 Å². The van der Waals surface area contributed by atoms with E-state index in [2.05, 4.69) is 44.5 Å². The smallest absolute Gasteiger partial charge is 0.238 e. The molecule has 3 aromatic rings. The van der Waals surface area contributed by atoms with Crippen LogP contribution in [0, 0.1) is 0 Å². The Morgan fingerprint density at radius 3 is 2.77 bits per heavy atom. The molecule has 0 spiro atoms. The monoisotopic (exact) mass is 441 g/mol. The van der Waals surface area contributed by atoms with E-state index >= 15 is 0 Å². The zero-order valence-corrected chi connectivity index (χ0v) is 18.4. The lowest BCUT2D eigenvalue weighted by molar-refractivity contribution is -0.118. The minimum absolute atomic E-state index is 0.0957. The molecule has 2 aromatic heterocycles. The van der Waals surface area contributed by atoms with Crippen molar-refractivity contribution in [3.63, 3.8) is 0 Å². The van der Waals surface area contributed by atoms with Gasteiger partial charge in [0, 0.05) is 28.9 Å². The molecule has 2 amide bonds. The number of methoxy groups -OCH3 is 1. The predicted molar refractivity (Wildman–Crippen MR) is 122 cm³/mol. The van der Waals surface area contributed by atoms with Gasteiger partial charge in [-0.2, -0.15) is 0 Å². The molecule has 2 N–H and O–H groups in total. The first kappa shape index (κ1) is 20.6. The minimum atomic E-state index is -0.170. The maximum atomic E-state index is 13.0. The third kappa shape index (κ3) is 4.40. The Balaban J connectivity index is 1.53. The van der Waals surface area contributed by atoms with Crippen molar-refractivity contribution in [3.05, 3.63) is 62.5 Å². The molecular formula is C22H23N3O3S2. The van der Waals surface area contributed by atoms with Crippen molar-refractivity contribution in [2.45, 2.75) is 19.4 Å². The molecule has 8 heteroatoms. The number of carbonyl (C=O) groups is 2. The second-order valence-corrected chi connectivity index (χ2v) is 9.06. The zero-order chi connectivity index (χ0) is 21.1. The van der Waals surface area contributed by atoms with Crippen LogP contribution in [0.25, 0.3) is 0 Å². The number of amides is 2. The summed E-state index contributed by atoms with van der Waals surface area (Å²) in [6.07, 6.45) is 0.948. The SMILES string of the molecule is COc1ccc(NC(C)=O)cc1NC(=O)CN1CCc2sccc2[C@H]1c1cccs1. The van der Waals surface area contributed by atoms with Crippen molar-refractivity contribution >= 4 is 45.9 Å². The first-order valence-corrected chi connectivity index (χ1v) is 11.4. The molecule has 6 nitrogen and oxygen atoms in total. The van der Waals surface area contributed by atoms with E-state index < -0.39 is 0 Å². The summed E-state index contributed by atoms with van der Waals surface area (Å²) in [4.78, 5) is 29.2. The van der Waals surface area contributed by atoms with E-state index in [1.54, 1.807) is 48.0 Å². The number of benzene rings is 1. The molecule has 30 heavy (non-hydrogen) atoms. The molecule has 1 aromatic carbocycles. The maximum Gasteiger partial charge on any atom is 0.238 e. The molecule has 156 valence electrons. The van der Waals surface area contributed by atoms with Crippen LogP contribution in [0.3, 0.4) is 0 Å². The summed E-state index contributed by atoms with van der Waals surface area (Å²) < 4.78 is 5.37. The first-order valence-electron chi connectivity index (χ1n) is 9.64. The van der Waals surface area contributed by atoms with Gasteiger partial charge in [0.2, 0.25) is 11.8 Å². The van der Waals surface area contributed by atoms with Gasteiger partial charge >= 0.3 is 0 Å². The number of carbonyl (C=O) groups excluding carboxylic acids is 2. The van der Waals surface area contributed by atoms with Crippen molar-refractivity contribution < 1.29 is 14.3 Å². The van der Waals surface area contributed by atoms with Crippen molar-refractivity contribution in [1.82, 2.24) is 4.90 Å². The Bertz CT molecular complexity index is 1050. The van der Waals surface area contributed by atoms with E-state index in [0.29, 0.717) is 17.1 Å². The van der Waals surface area contributed by atoms with Gasteiger partial charge in [-0.1, -0.05) is 6.07 Å². The number of rotatable bonds is 6. The standard InChI is InChI=1S/C22H23N3O3S2/c1-14(26)23-15-5-6-18(28-2)17(12-15)24-21(27)13-25-9-7-19-16(8-11-30-19)22(25)20-4-3-10-29-20/h3-6,8,10-12,22H,7,9,13H2,1-2H3,(H,23,26)(H,24,27)/t22-/m0/s1. The van der Waals surface area contributed by atoms with Crippen molar-refractivity contribution in [1.29, 1.82) is 0 Å². The Morgan fingerprint density at radius 1 is 1.17 bits per heavy atom. The van der Waals surface area contributed by atoms with Gasteiger partial charge < -0.3 is 15.4 Å². The van der Waals surface area contributed by atoms with Gasteiger partial charge in [0.05, 0.1) is 25.4 Å². The number of hydrogen-bond acceptors (Lipinski definition) is 6. The normalized spacial score (nSPS) is 16.0. The highest BCUT2D eigenvalue weighted by molar-refractivity contribution is 7.10. The van der Waals surface area contributed by atoms with E-state index in [1.807, 2.05) is 0 Å². The third-order valence-electron chi connectivity index (χ3n) is 5.02. The van der Waals surface area contributed by atoms with Crippen LogP contribution in [0.2, 0.25) is 0 Å². The lowest BCUT2D eigenvalue weighted by Gasteiger charge is -2.34. The van der Waals surface area contributed by atoms with Crippen LogP contribution in [0.4, 0.5) is 11.4 Å². The Hall–Kier alpha value is -2.68. The van der Waals surface area contributed by atoms with Crippen molar-refractivity contribution in [2.75, 3.05) is 30.8 Å². The van der Waals surface area contributed by atoms with E-state index in [9.17, 15) is 9.59 Å². The topological polar surface area (TPSA) is 70.7 Å². The number of ether oxygens (including phenoxy) is 1. The number of nitrogens with zero attached hydrogens (tertiary/aromatic N) is 1. The number of fused-ring (bicyclic) bond motifs is 1. The molecule has 0 saturated carbocycles. The Morgan fingerprint density at radius 2 is 2.03 bits per heavy atom. The lowest BCUT2D eigenvalue weighted by Crippen LogP contribution is -2.40. The highest BCUT2D eigenvalue weighted by atomic mass is 32.1. The summed E-state index contributed by atoms with van der Waals surface area (Å²) in [5.74, 6) is 0.260. The van der Waals surface area contributed by atoms with Gasteiger partial charge in [-0.05, 0) is 53.1 Å². The van der Waals surface area contributed by atoms with Crippen LogP contribution >= 0.6 is 22.7 Å². The maximum absolute atomic E-state index is 13.0. The summed E-state index contributed by atoms with van der Waals surface area (Å²) in [6.45, 7) is 2.54. The van der Waals surface area contributed by atoms with Crippen LogP contribution in [-0.4, -0.2) is 36.9 Å². The van der Waals surface area contributed by atoms with Crippen LogP contribution in [-0.2, 0) is 16.0 Å². The fraction of sp³-hybridized carbons (Fsp3) is 0.273. The summed E-state index contributed by atoms with van der Waals surface area (Å²) in [7, 11) is 1.55. The number of nitrogens with one attached hydrogen (secondary N) is 2. The summed E-state index contributed by atoms with van der Waals surface area (Å²) in [5.41, 5.74) is 2.44. The highest BCUT2D eigenvalue weighted by Gasteiger charge is 2.31. The van der Waals surface area contributed by atoms with Gasteiger partial charge in [0.15, 0.2) is 0 Å². The van der Waals surface area contributed by atoms with E-state index in [4.69, 9.17) is 4.74 Å².